The summed E-state index contributed by atoms with van der Waals surface area (Å²) in [5, 5.41) is 1.98. The second-order valence-electron chi connectivity index (χ2n) is 7.00. The van der Waals surface area contributed by atoms with Crippen LogP contribution in [0.2, 0.25) is 5.02 Å². The summed E-state index contributed by atoms with van der Waals surface area (Å²) in [5.74, 6) is 1.87. The van der Waals surface area contributed by atoms with Crippen molar-refractivity contribution in [2.45, 2.75) is 37.7 Å². The standard InChI is InChI=1S/C22H20ClN3O2S/c1-13(2)26-21(27)17-6-4-5-7-18(17)25-22(26)29-12-19-14(3)28-20(24-19)15-8-10-16(23)11-9-15/h4-11,13H,12H2,1-3H3. The van der Waals surface area contributed by atoms with Gasteiger partial charge in [-0.1, -0.05) is 35.5 Å². The molecule has 4 aromatic rings. The molecule has 0 amide bonds. The van der Waals surface area contributed by atoms with Crippen LogP contribution in [0.4, 0.5) is 0 Å². The SMILES string of the molecule is Cc1oc(-c2ccc(Cl)cc2)nc1CSc1nc2ccccc2c(=O)n1C(C)C. The van der Waals surface area contributed by atoms with E-state index in [1.807, 2.05) is 69.3 Å². The van der Waals surface area contributed by atoms with E-state index in [4.69, 9.17) is 21.0 Å². The molecule has 7 heteroatoms. The monoisotopic (exact) mass is 425 g/mol. The lowest BCUT2D eigenvalue weighted by Crippen LogP contribution is -2.25. The van der Waals surface area contributed by atoms with Gasteiger partial charge in [-0.2, -0.15) is 0 Å². The van der Waals surface area contributed by atoms with Gasteiger partial charge < -0.3 is 4.42 Å². The molecule has 148 valence electrons. The number of nitrogens with zero attached hydrogens (tertiary/aromatic N) is 3. The van der Waals surface area contributed by atoms with Crippen molar-refractivity contribution in [1.82, 2.24) is 14.5 Å². The molecule has 5 nitrogen and oxygen atoms in total. The number of hydrogen-bond donors (Lipinski definition) is 0. The van der Waals surface area contributed by atoms with Crippen molar-refractivity contribution in [2.24, 2.45) is 0 Å². The van der Waals surface area contributed by atoms with Crippen LogP contribution in [0.5, 0.6) is 0 Å². The third-order valence-electron chi connectivity index (χ3n) is 4.61. The number of oxazole rings is 1. The highest BCUT2D eigenvalue weighted by Gasteiger charge is 2.17. The van der Waals surface area contributed by atoms with Gasteiger partial charge in [0.15, 0.2) is 5.16 Å². The maximum absolute atomic E-state index is 13.0. The molecule has 0 aliphatic carbocycles. The Morgan fingerprint density at radius 3 is 2.55 bits per heavy atom. The Balaban J connectivity index is 1.66. The molecule has 2 aromatic heterocycles. The summed E-state index contributed by atoms with van der Waals surface area (Å²) in [6, 6.07) is 14.8. The first-order valence-electron chi connectivity index (χ1n) is 9.30. The quantitative estimate of drug-likeness (QED) is 0.295. The molecule has 2 heterocycles. The minimum absolute atomic E-state index is 0.00476. The minimum Gasteiger partial charge on any atom is -0.441 e. The van der Waals surface area contributed by atoms with Crippen LogP contribution in [-0.2, 0) is 5.75 Å². The van der Waals surface area contributed by atoms with Gasteiger partial charge in [0.1, 0.15) is 5.76 Å². The molecule has 0 aliphatic heterocycles. The summed E-state index contributed by atoms with van der Waals surface area (Å²) in [6.45, 7) is 5.87. The van der Waals surface area contributed by atoms with Crippen molar-refractivity contribution in [3.63, 3.8) is 0 Å². The summed E-state index contributed by atoms with van der Waals surface area (Å²) < 4.78 is 7.58. The number of thioether (sulfide) groups is 1. The van der Waals surface area contributed by atoms with Crippen LogP contribution in [0.1, 0.15) is 31.3 Å². The van der Waals surface area contributed by atoms with Gasteiger partial charge in [0.05, 0.1) is 16.6 Å². The Kier molecular flexibility index (Phi) is 5.48. The first-order chi connectivity index (χ1) is 13.9. The zero-order chi connectivity index (χ0) is 20.5. The molecule has 0 fully saturated rings. The van der Waals surface area contributed by atoms with Gasteiger partial charge in [0.25, 0.3) is 5.56 Å². The van der Waals surface area contributed by atoms with Gasteiger partial charge >= 0.3 is 0 Å². The van der Waals surface area contributed by atoms with Crippen molar-refractivity contribution < 1.29 is 4.42 Å². The van der Waals surface area contributed by atoms with E-state index in [1.165, 1.54) is 11.8 Å². The lowest BCUT2D eigenvalue weighted by molar-refractivity contribution is 0.519. The molecule has 0 spiro atoms. The van der Waals surface area contributed by atoms with Gasteiger partial charge in [-0.05, 0) is 57.2 Å². The first kappa shape index (κ1) is 19.7. The predicted octanol–water partition coefficient (Wildman–Crippen LogP) is 5.89. The Bertz CT molecular complexity index is 1230. The smallest absolute Gasteiger partial charge is 0.262 e. The molecule has 0 aliphatic rings. The number of benzene rings is 2. The Hall–Kier alpha value is -2.57. The predicted molar refractivity (Wildman–Crippen MR) is 118 cm³/mol. The van der Waals surface area contributed by atoms with Gasteiger partial charge in [-0.25, -0.2) is 9.97 Å². The molecule has 0 atom stereocenters. The van der Waals surface area contributed by atoms with Crippen LogP contribution in [0.3, 0.4) is 0 Å². The molecule has 0 saturated heterocycles. The average Bonchev–Trinajstić information content (AvgIpc) is 3.07. The third kappa shape index (κ3) is 3.95. The van der Waals surface area contributed by atoms with E-state index in [9.17, 15) is 4.79 Å². The Morgan fingerprint density at radius 1 is 1.10 bits per heavy atom. The van der Waals surface area contributed by atoms with E-state index in [0.29, 0.717) is 32.7 Å². The zero-order valence-electron chi connectivity index (χ0n) is 16.3. The average molecular weight is 426 g/mol. The van der Waals surface area contributed by atoms with Gasteiger partial charge in [-0.3, -0.25) is 9.36 Å². The number of aromatic nitrogens is 3. The molecule has 29 heavy (non-hydrogen) atoms. The molecule has 0 N–H and O–H groups in total. The van der Waals surface area contributed by atoms with Crippen molar-refractivity contribution in [3.8, 4) is 11.5 Å². The fraction of sp³-hybridized carbons (Fsp3) is 0.227. The lowest BCUT2D eigenvalue weighted by atomic mass is 10.2. The maximum Gasteiger partial charge on any atom is 0.262 e. The summed E-state index contributed by atoms with van der Waals surface area (Å²) >= 11 is 7.45. The topological polar surface area (TPSA) is 60.9 Å². The largest absolute Gasteiger partial charge is 0.441 e. The van der Waals surface area contributed by atoms with E-state index < -0.39 is 0 Å². The van der Waals surface area contributed by atoms with Crippen molar-refractivity contribution >= 4 is 34.3 Å². The summed E-state index contributed by atoms with van der Waals surface area (Å²) in [6.07, 6.45) is 0. The van der Waals surface area contributed by atoms with E-state index in [0.717, 1.165) is 17.0 Å². The zero-order valence-corrected chi connectivity index (χ0v) is 17.9. The maximum atomic E-state index is 13.0. The summed E-state index contributed by atoms with van der Waals surface area (Å²) in [7, 11) is 0. The molecular weight excluding hydrogens is 406 g/mol. The Morgan fingerprint density at radius 2 is 1.83 bits per heavy atom. The van der Waals surface area contributed by atoms with Crippen molar-refractivity contribution in [2.75, 3.05) is 0 Å². The fourth-order valence-electron chi connectivity index (χ4n) is 3.09. The van der Waals surface area contributed by atoms with Crippen LogP contribution < -0.4 is 5.56 Å². The first-order valence-corrected chi connectivity index (χ1v) is 10.7. The molecule has 0 radical (unpaired) electrons. The van der Waals surface area contributed by atoms with Crippen LogP contribution >= 0.6 is 23.4 Å². The van der Waals surface area contributed by atoms with Crippen LogP contribution in [0.25, 0.3) is 22.4 Å². The molecule has 0 bridgehead atoms. The summed E-state index contributed by atoms with van der Waals surface area (Å²) in [4.78, 5) is 22.3. The second-order valence-corrected chi connectivity index (χ2v) is 8.38. The minimum atomic E-state index is -0.0215. The number of para-hydroxylation sites is 1. The number of aryl methyl sites for hydroxylation is 1. The number of halogens is 1. The van der Waals surface area contributed by atoms with Crippen molar-refractivity contribution in [3.05, 3.63) is 75.4 Å². The van der Waals surface area contributed by atoms with Crippen LogP contribution in [0.15, 0.2) is 62.9 Å². The number of fused-ring (bicyclic) bond motifs is 1. The van der Waals surface area contributed by atoms with Crippen molar-refractivity contribution in [1.29, 1.82) is 0 Å². The van der Waals surface area contributed by atoms with E-state index in [-0.39, 0.29) is 11.6 Å². The van der Waals surface area contributed by atoms with Gasteiger partial charge in [0.2, 0.25) is 5.89 Å². The van der Waals surface area contributed by atoms with Gasteiger partial charge in [-0.15, -0.1) is 0 Å². The second kappa shape index (κ2) is 8.05. The Labute approximate surface area is 177 Å². The van der Waals surface area contributed by atoms with E-state index in [2.05, 4.69) is 4.98 Å². The van der Waals surface area contributed by atoms with E-state index >= 15 is 0 Å². The highest BCUT2D eigenvalue weighted by atomic mass is 35.5. The number of rotatable bonds is 5. The fourth-order valence-corrected chi connectivity index (χ4v) is 4.35. The van der Waals surface area contributed by atoms with E-state index in [1.54, 1.807) is 4.57 Å². The lowest BCUT2D eigenvalue weighted by Gasteiger charge is -2.15. The molecule has 0 unspecified atom stereocenters. The molecule has 2 aromatic carbocycles. The highest BCUT2D eigenvalue weighted by Crippen LogP contribution is 2.28. The normalized spacial score (nSPS) is 11.5. The van der Waals surface area contributed by atoms with Crippen LogP contribution in [0, 0.1) is 6.92 Å². The molecule has 4 rings (SSSR count). The number of hydrogen-bond acceptors (Lipinski definition) is 5. The highest BCUT2D eigenvalue weighted by molar-refractivity contribution is 7.98. The molecule has 0 saturated carbocycles. The molecular formula is C22H20ClN3O2S. The van der Waals surface area contributed by atoms with Gasteiger partial charge in [0, 0.05) is 22.4 Å². The van der Waals surface area contributed by atoms with Crippen LogP contribution in [-0.4, -0.2) is 14.5 Å². The third-order valence-corrected chi connectivity index (χ3v) is 5.83. The summed E-state index contributed by atoms with van der Waals surface area (Å²) in [5.41, 5.74) is 2.39.